The van der Waals surface area contributed by atoms with Crippen LogP contribution in [-0.2, 0) is 38.0 Å². The Labute approximate surface area is 201 Å². The number of esters is 1. The summed E-state index contributed by atoms with van der Waals surface area (Å²) in [6.45, 7) is 13.4. The summed E-state index contributed by atoms with van der Waals surface area (Å²) in [6.07, 6.45) is 7.27. The topological polar surface area (TPSA) is 81.7 Å². The average Bonchev–Trinajstić information content (AvgIpc) is 2.82. The van der Waals surface area contributed by atoms with Gasteiger partial charge < -0.3 is 33.2 Å². The third kappa shape index (κ3) is 27.4. The van der Waals surface area contributed by atoms with Gasteiger partial charge in [-0.25, -0.2) is 0 Å². The molecule has 0 amide bonds. The molecular formula is C25H50O8. The van der Waals surface area contributed by atoms with Crippen LogP contribution in [0.15, 0.2) is 0 Å². The van der Waals surface area contributed by atoms with Crippen LogP contribution >= 0.6 is 0 Å². The van der Waals surface area contributed by atoms with Crippen LogP contribution in [0.25, 0.3) is 0 Å². The van der Waals surface area contributed by atoms with Crippen LogP contribution in [0.5, 0.6) is 0 Å². The monoisotopic (exact) mass is 478 g/mol. The van der Waals surface area contributed by atoms with Gasteiger partial charge in [0.15, 0.2) is 0 Å². The van der Waals surface area contributed by atoms with E-state index < -0.39 is 0 Å². The molecule has 198 valence electrons. The van der Waals surface area contributed by atoms with Gasteiger partial charge in [0.1, 0.15) is 6.61 Å². The van der Waals surface area contributed by atoms with Crippen molar-refractivity contribution in [2.45, 2.75) is 65.7 Å². The molecule has 0 bridgehead atoms. The van der Waals surface area contributed by atoms with Gasteiger partial charge in [-0.05, 0) is 12.3 Å². The van der Waals surface area contributed by atoms with Crippen molar-refractivity contribution in [1.82, 2.24) is 0 Å². The van der Waals surface area contributed by atoms with E-state index in [1.165, 1.54) is 19.3 Å². The number of carbonyl (C=O) groups is 1. The van der Waals surface area contributed by atoms with Gasteiger partial charge in [0.05, 0.1) is 72.7 Å². The Morgan fingerprint density at radius 2 is 1.00 bits per heavy atom. The van der Waals surface area contributed by atoms with Crippen LogP contribution < -0.4 is 0 Å². The maximum atomic E-state index is 11.5. The van der Waals surface area contributed by atoms with E-state index in [2.05, 4.69) is 20.8 Å². The summed E-state index contributed by atoms with van der Waals surface area (Å²) >= 11 is 0. The molecule has 0 fully saturated rings. The highest BCUT2D eigenvalue weighted by Gasteiger charge is 2.02. The lowest BCUT2D eigenvalue weighted by atomic mass is 10.1. The Morgan fingerprint density at radius 1 is 0.576 bits per heavy atom. The maximum Gasteiger partial charge on any atom is 0.305 e. The number of hydrogen-bond donors (Lipinski definition) is 0. The van der Waals surface area contributed by atoms with E-state index in [1.807, 2.05) is 0 Å². The molecule has 0 aromatic rings. The lowest BCUT2D eigenvalue weighted by Crippen LogP contribution is -2.15. The van der Waals surface area contributed by atoms with Gasteiger partial charge in [-0.2, -0.15) is 0 Å². The second-order valence-electron chi connectivity index (χ2n) is 8.03. The van der Waals surface area contributed by atoms with Gasteiger partial charge in [0.2, 0.25) is 0 Å². The smallest absolute Gasteiger partial charge is 0.305 e. The molecule has 0 radical (unpaired) electrons. The third-order valence-electron chi connectivity index (χ3n) is 4.93. The van der Waals surface area contributed by atoms with Crippen LogP contribution in [0.3, 0.4) is 0 Å². The van der Waals surface area contributed by atoms with Gasteiger partial charge in [-0.3, -0.25) is 4.79 Å². The third-order valence-corrected chi connectivity index (χ3v) is 4.93. The fourth-order valence-electron chi connectivity index (χ4n) is 2.66. The second kappa shape index (κ2) is 27.5. The highest BCUT2D eigenvalue weighted by Crippen LogP contribution is 2.05. The van der Waals surface area contributed by atoms with E-state index in [0.717, 1.165) is 25.9 Å². The molecule has 0 rings (SSSR count). The number of unbranched alkanes of at least 4 members (excludes halogenated alkanes) is 4. The predicted molar refractivity (Wildman–Crippen MR) is 129 cm³/mol. The lowest BCUT2D eigenvalue weighted by molar-refractivity contribution is -0.145. The molecule has 0 spiro atoms. The molecule has 8 nitrogen and oxygen atoms in total. The van der Waals surface area contributed by atoms with Gasteiger partial charge in [-0.15, -0.1) is 0 Å². The molecule has 1 unspecified atom stereocenters. The van der Waals surface area contributed by atoms with Crippen molar-refractivity contribution in [3.63, 3.8) is 0 Å². The van der Waals surface area contributed by atoms with Crippen molar-refractivity contribution in [2.24, 2.45) is 5.92 Å². The quantitative estimate of drug-likeness (QED) is 0.129. The first-order valence-electron chi connectivity index (χ1n) is 12.8. The van der Waals surface area contributed by atoms with Crippen molar-refractivity contribution in [2.75, 3.05) is 85.9 Å². The van der Waals surface area contributed by atoms with E-state index >= 15 is 0 Å². The molecule has 0 saturated carbocycles. The van der Waals surface area contributed by atoms with E-state index in [-0.39, 0.29) is 5.97 Å². The van der Waals surface area contributed by atoms with Crippen molar-refractivity contribution in [3.05, 3.63) is 0 Å². The van der Waals surface area contributed by atoms with E-state index in [0.29, 0.717) is 91.6 Å². The Balaban J connectivity index is 3.11. The molecular weight excluding hydrogens is 428 g/mol. The summed E-state index contributed by atoms with van der Waals surface area (Å²) in [5.41, 5.74) is 0. The molecule has 0 N–H and O–H groups in total. The van der Waals surface area contributed by atoms with Crippen molar-refractivity contribution < 1.29 is 38.0 Å². The summed E-state index contributed by atoms with van der Waals surface area (Å²) in [5.74, 6) is 0.465. The predicted octanol–water partition coefficient (Wildman–Crippen LogP) is 4.04. The van der Waals surface area contributed by atoms with Gasteiger partial charge >= 0.3 is 5.97 Å². The van der Waals surface area contributed by atoms with Crippen molar-refractivity contribution in [3.8, 4) is 0 Å². The Kier molecular flexibility index (Phi) is 26.8. The van der Waals surface area contributed by atoms with E-state index in [1.54, 1.807) is 0 Å². The molecule has 8 heteroatoms. The lowest BCUT2D eigenvalue weighted by Gasteiger charge is -2.10. The zero-order chi connectivity index (χ0) is 24.2. The van der Waals surface area contributed by atoms with Gasteiger partial charge in [-0.1, -0.05) is 52.9 Å². The summed E-state index contributed by atoms with van der Waals surface area (Å²) < 4.78 is 37.8. The summed E-state index contributed by atoms with van der Waals surface area (Å²) in [5, 5.41) is 0. The minimum Gasteiger partial charge on any atom is -0.463 e. The van der Waals surface area contributed by atoms with E-state index in [4.69, 9.17) is 33.2 Å². The zero-order valence-corrected chi connectivity index (χ0v) is 21.5. The molecule has 0 heterocycles. The average molecular weight is 479 g/mol. The first-order valence-corrected chi connectivity index (χ1v) is 12.8. The molecule has 0 saturated heterocycles. The van der Waals surface area contributed by atoms with Crippen molar-refractivity contribution in [1.29, 1.82) is 0 Å². The van der Waals surface area contributed by atoms with Crippen molar-refractivity contribution >= 4 is 5.97 Å². The number of rotatable bonds is 27. The molecule has 33 heavy (non-hydrogen) atoms. The molecule has 0 aromatic carbocycles. The maximum absolute atomic E-state index is 11.5. The Bertz CT molecular complexity index is 395. The molecule has 0 aliphatic rings. The Hall–Kier alpha value is -0.770. The van der Waals surface area contributed by atoms with Gasteiger partial charge in [0.25, 0.3) is 0 Å². The zero-order valence-electron chi connectivity index (χ0n) is 21.5. The number of carbonyl (C=O) groups excluding carboxylic acids is 1. The SMILES string of the molecule is CCCCCCCC(=O)OCCOCCOCCOCCOCCOCCOCC(C)CC. The summed E-state index contributed by atoms with van der Waals surface area (Å²) in [4.78, 5) is 11.5. The minimum absolute atomic E-state index is 0.137. The number of ether oxygens (including phenoxy) is 7. The van der Waals surface area contributed by atoms with Crippen LogP contribution in [-0.4, -0.2) is 91.9 Å². The van der Waals surface area contributed by atoms with Crippen LogP contribution in [0.1, 0.15) is 65.7 Å². The first-order chi connectivity index (χ1) is 16.2. The molecule has 0 aromatic heterocycles. The second-order valence-corrected chi connectivity index (χ2v) is 8.03. The minimum atomic E-state index is -0.137. The largest absolute Gasteiger partial charge is 0.463 e. The molecule has 0 aliphatic carbocycles. The number of hydrogen-bond acceptors (Lipinski definition) is 8. The standard InChI is InChI=1S/C25H50O8/c1-4-6-7-8-9-10-25(26)33-22-21-31-18-17-29-14-13-27-11-12-28-15-16-30-19-20-32-23-24(3)5-2/h24H,4-23H2,1-3H3. The fourth-order valence-corrected chi connectivity index (χ4v) is 2.66. The molecule has 1 atom stereocenters. The van der Waals surface area contributed by atoms with Crippen LogP contribution in [0.2, 0.25) is 0 Å². The summed E-state index contributed by atoms with van der Waals surface area (Å²) in [7, 11) is 0. The van der Waals surface area contributed by atoms with E-state index in [9.17, 15) is 4.79 Å². The highest BCUT2D eigenvalue weighted by atomic mass is 16.6. The van der Waals surface area contributed by atoms with Crippen LogP contribution in [0.4, 0.5) is 0 Å². The summed E-state index contributed by atoms with van der Waals surface area (Å²) in [6, 6.07) is 0. The molecule has 0 aliphatic heterocycles. The fraction of sp³-hybridized carbons (Fsp3) is 0.960. The first kappa shape index (κ1) is 32.2. The highest BCUT2D eigenvalue weighted by molar-refractivity contribution is 5.69. The Morgan fingerprint density at radius 3 is 1.45 bits per heavy atom. The normalized spacial score (nSPS) is 12.2. The van der Waals surface area contributed by atoms with Gasteiger partial charge in [0, 0.05) is 13.0 Å². The van der Waals surface area contributed by atoms with Crippen LogP contribution in [0, 0.1) is 5.92 Å².